The lowest BCUT2D eigenvalue weighted by molar-refractivity contribution is 0.484. The van der Waals surface area contributed by atoms with Gasteiger partial charge in [0.1, 0.15) is 11.9 Å². The molecule has 0 unspecified atom stereocenters. The zero-order valence-corrected chi connectivity index (χ0v) is 13.0. The number of nitrogens with zero attached hydrogens (tertiary/aromatic N) is 4. The van der Waals surface area contributed by atoms with E-state index in [1.165, 1.54) is 17.1 Å². The number of rotatable bonds is 4. The normalized spacial score (nSPS) is 11.7. The third-order valence-electron chi connectivity index (χ3n) is 3.38. The maximum Gasteiger partial charge on any atom is 0.295 e. The topological polar surface area (TPSA) is 103 Å². The zero-order valence-electron chi connectivity index (χ0n) is 12.2. The molecule has 4 aromatic rings. The Labute approximate surface area is 136 Å². The number of hydrogen-bond donors (Lipinski definition) is 1. The lowest BCUT2D eigenvalue weighted by Gasteiger charge is -2.07. The Kier molecular flexibility index (Phi) is 3.28. The molecule has 8 nitrogen and oxygen atoms in total. The summed E-state index contributed by atoms with van der Waals surface area (Å²) in [5, 5.41) is 11.5. The van der Waals surface area contributed by atoms with Gasteiger partial charge in [0.15, 0.2) is 0 Å². The molecule has 0 amide bonds. The molecule has 120 valence electrons. The fourth-order valence-corrected chi connectivity index (χ4v) is 3.31. The second kappa shape index (κ2) is 5.46. The van der Waals surface area contributed by atoms with Crippen LogP contribution in [0.2, 0.25) is 0 Å². The number of anilines is 1. The number of furan rings is 1. The van der Waals surface area contributed by atoms with Gasteiger partial charge in [0.2, 0.25) is 5.09 Å². The van der Waals surface area contributed by atoms with E-state index in [0.717, 1.165) is 5.39 Å². The molecule has 0 bridgehead atoms. The van der Waals surface area contributed by atoms with E-state index >= 15 is 0 Å². The third-order valence-corrected chi connectivity index (χ3v) is 4.62. The van der Waals surface area contributed by atoms with Crippen LogP contribution in [0.15, 0.2) is 70.4 Å². The molecule has 9 heteroatoms. The van der Waals surface area contributed by atoms with Gasteiger partial charge in [-0.3, -0.25) is 4.72 Å². The fraction of sp³-hybridized carbons (Fsp3) is 0. The molecule has 0 fully saturated rings. The molecule has 0 atom stereocenters. The highest BCUT2D eigenvalue weighted by molar-refractivity contribution is 7.92. The van der Waals surface area contributed by atoms with E-state index in [9.17, 15) is 8.42 Å². The number of sulfonamides is 1. The second-order valence-electron chi connectivity index (χ2n) is 5.01. The maximum atomic E-state index is 12.5. The molecule has 0 radical (unpaired) electrons. The molecule has 1 N–H and O–H groups in total. The fourth-order valence-electron chi connectivity index (χ4n) is 2.29. The van der Waals surface area contributed by atoms with Crippen molar-refractivity contribution in [1.82, 2.24) is 20.2 Å². The minimum absolute atomic E-state index is 0.142. The van der Waals surface area contributed by atoms with Crippen molar-refractivity contribution in [3.63, 3.8) is 0 Å². The van der Waals surface area contributed by atoms with Crippen LogP contribution in [-0.2, 0) is 10.0 Å². The van der Waals surface area contributed by atoms with Crippen molar-refractivity contribution in [2.24, 2.45) is 0 Å². The molecule has 0 aliphatic carbocycles. The summed E-state index contributed by atoms with van der Waals surface area (Å²) in [4.78, 5) is 0. The van der Waals surface area contributed by atoms with E-state index < -0.39 is 10.0 Å². The summed E-state index contributed by atoms with van der Waals surface area (Å²) in [6.45, 7) is 0. The van der Waals surface area contributed by atoms with Crippen molar-refractivity contribution in [3.8, 4) is 5.69 Å². The Balaban J connectivity index is 1.67. The SMILES string of the molecule is O=S(=O)(Nc1cccc(-n2cnnn2)c1)c1cc2ccccc2o1. The Bertz CT molecular complexity index is 1070. The first-order valence-electron chi connectivity index (χ1n) is 6.97. The monoisotopic (exact) mass is 341 g/mol. The summed E-state index contributed by atoms with van der Waals surface area (Å²) in [6.07, 6.45) is 1.42. The van der Waals surface area contributed by atoms with Crippen LogP contribution in [0.25, 0.3) is 16.7 Å². The number of benzene rings is 2. The van der Waals surface area contributed by atoms with Gasteiger partial charge in [-0.1, -0.05) is 24.3 Å². The van der Waals surface area contributed by atoms with Crippen LogP contribution in [0.3, 0.4) is 0 Å². The van der Waals surface area contributed by atoms with Gasteiger partial charge in [-0.15, -0.1) is 5.10 Å². The van der Waals surface area contributed by atoms with E-state index in [1.54, 1.807) is 42.5 Å². The van der Waals surface area contributed by atoms with Crippen molar-refractivity contribution in [2.45, 2.75) is 5.09 Å². The summed E-state index contributed by atoms with van der Waals surface area (Å²) < 4.78 is 34.4. The van der Waals surface area contributed by atoms with Crippen LogP contribution in [0.5, 0.6) is 0 Å². The number of fused-ring (bicyclic) bond motifs is 1. The van der Waals surface area contributed by atoms with Crippen molar-refractivity contribution < 1.29 is 12.8 Å². The smallest absolute Gasteiger partial charge is 0.295 e. The molecule has 24 heavy (non-hydrogen) atoms. The lowest BCUT2D eigenvalue weighted by Crippen LogP contribution is -2.12. The minimum atomic E-state index is -3.84. The van der Waals surface area contributed by atoms with Crippen molar-refractivity contribution in [1.29, 1.82) is 0 Å². The van der Waals surface area contributed by atoms with Gasteiger partial charge in [0, 0.05) is 11.5 Å². The number of tetrazole rings is 1. The Morgan fingerprint density at radius 3 is 2.71 bits per heavy atom. The largest absolute Gasteiger partial charge is 0.443 e. The molecular weight excluding hydrogens is 330 g/mol. The van der Waals surface area contributed by atoms with Gasteiger partial charge in [-0.25, -0.2) is 4.68 Å². The van der Waals surface area contributed by atoms with Crippen LogP contribution in [0, 0.1) is 0 Å². The van der Waals surface area contributed by atoms with Crippen LogP contribution < -0.4 is 4.72 Å². The molecule has 2 aromatic carbocycles. The van der Waals surface area contributed by atoms with Crippen LogP contribution >= 0.6 is 0 Å². The average Bonchev–Trinajstić information content (AvgIpc) is 3.24. The molecule has 2 heterocycles. The number of hydrogen-bond acceptors (Lipinski definition) is 6. The zero-order chi connectivity index (χ0) is 16.6. The van der Waals surface area contributed by atoms with Gasteiger partial charge in [-0.2, -0.15) is 8.42 Å². The summed E-state index contributed by atoms with van der Waals surface area (Å²) in [5.41, 5.74) is 1.52. The number of para-hydroxylation sites is 1. The first-order chi connectivity index (χ1) is 11.6. The highest BCUT2D eigenvalue weighted by Gasteiger charge is 2.19. The molecule has 0 spiro atoms. The van der Waals surface area contributed by atoms with E-state index in [2.05, 4.69) is 20.2 Å². The molecule has 4 rings (SSSR count). The van der Waals surface area contributed by atoms with E-state index in [4.69, 9.17) is 4.42 Å². The molecule has 0 aliphatic heterocycles. The molecule has 0 aliphatic rings. The second-order valence-corrected chi connectivity index (χ2v) is 6.63. The molecule has 0 saturated carbocycles. The highest BCUT2D eigenvalue weighted by Crippen LogP contribution is 2.24. The summed E-state index contributed by atoms with van der Waals surface area (Å²) in [5.74, 6) is 0. The van der Waals surface area contributed by atoms with Gasteiger partial charge in [0.05, 0.1) is 11.4 Å². The lowest BCUT2D eigenvalue weighted by atomic mass is 10.3. The number of aromatic nitrogens is 4. The average molecular weight is 341 g/mol. The van der Waals surface area contributed by atoms with Crippen molar-refractivity contribution in [3.05, 3.63) is 60.9 Å². The van der Waals surface area contributed by atoms with E-state index in [-0.39, 0.29) is 5.09 Å². The van der Waals surface area contributed by atoms with Gasteiger partial charge in [-0.05, 0) is 34.7 Å². The molecular formula is C15H11N5O3S. The summed E-state index contributed by atoms with van der Waals surface area (Å²) in [7, 11) is -3.84. The Hall–Kier alpha value is -3.20. The van der Waals surface area contributed by atoms with Crippen molar-refractivity contribution in [2.75, 3.05) is 4.72 Å². The molecule has 0 saturated heterocycles. The van der Waals surface area contributed by atoms with Gasteiger partial charge < -0.3 is 4.42 Å². The van der Waals surface area contributed by atoms with Crippen molar-refractivity contribution >= 4 is 26.7 Å². The quantitative estimate of drug-likeness (QED) is 0.610. The van der Waals surface area contributed by atoms with Gasteiger partial charge >= 0.3 is 0 Å². The Morgan fingerprint density at radius 1 is 1.04 bits per heavy atom. The van der Waals surface area contributed by atoms with E-state index in [0.29, 0.717) is 17.0 Å². The van der Waals surface area contributed by atoms with Crippen LogP contribution in [-0.4, -0.2) is 28.6 Å². The van der Waals surface area contributed by atoms with Gasteiger partial charge in [0.25, 0.3) is 10.0 Å². The van der Waals surface area contributed by atoms with Crippen LogP contribution in [0.4, 0.5) is 5.69 Å². The summed E-state index contributed by atoms with van der Waals surface area (Å²) >= 11 is 0. The Morgan fingerprint density at radius 2 is 1.92 bits per heavy atom. The number of nitrogens with one attached hydrogen (secondary N) is 1. The van der Waals surface area contributed by atoms with Crippen LogP contribution in [0.1, 0.15) is 0 Å². The third kappa shape index (κ3) is 2.61. The predicted molar refractivity (Wildman–Crippen MR) is 86.2 cm³/mol. The summed E-state index contributed by atoms with van der Waals surface area (Å²) in [6, 6.07) is 15.3. The predicted octanol–water partition coefficient (Wildman–Crippen LogP) is 2.21. The van der Waals surface area contributed by atoms with E-state index in [1.807, 2.05) is 6.07 Å². The first-order valence-corrected chi connectivity index (χ1v) is 8.45. The molecule has 2 aromatic heterocycles. The maximum absolute atomic E-state index is 12.5. The highest BCUT2D eigenvalue weighted by atomic mass is 32.2. The standard InChI is InChI=1S/C15H11N5O3S/c21-24(22,15-8-11-4-1-2-7-14(11)23-15)17-12-5-3-6-13(9-12)20-10-16-18-19-20/h1-10,17H. The minimum Gasteiger partial charge on any atom is -0.443 e. The first kappa shape index (κ1) is 14.4.